The van der Waals surface area contributed by atoms with Gasteiger partial charge in [0.15, 0.2) is 0 Å². The van der Waals surface area contributed by atoms with Crippen LogP contribution >= 0.6 is 24.0 Å². The first-order chi connectivity index (χ1) is 13.0. The second-order valence-corrected chi connectivity index (χ2v) is 7.49. The van der Waals surface area contributed by atoms with Gasteiger partial charge in [0.1, 0.15) is 16.6 Å². The highest BCUT2D eigenvalue weighted by molar-refractivity contribution is 8.26. The summed E-state index contributed by atoms with van der Waals surface area (Å²) < 4.78 is 5.59. The van der Waals surface area contributed by atoms with Gasteiger partial charge < -0.3 is 9.52 Å². The number of hydrogen-bond acceptors (Lipinski definition) is 6. The van der Waals surface area contributed by atoms with Crippen molar-refractivity contribution in [2.24, 2.45) is 0 Å². The van der Waals surface area contributed by atoms with Crippen LogP contribution in [0, 0.1) is 0 Å². The number of carbonyl (C=O) groups is 3. The Morgan fingerprint density at radius 2 is 1.89 bits per heavy atom. The van der Waals surface area contributed by atoms with E-state index >= 15 is 0 Å². The zero-order valence-electron chi connectivity index (χ0n) is 13.7. The fourth-order valence-electron chi connectivity index (χ4n) is 3.04. The normalized spacial score (nSPS) is 19.2. The van der Waals surface area contributed by atoms with Crippen molar-refractivity contribution in [2.45, 2.75) is 6.54 Å². The molecule has 3 heterocycles. The molecule has 136 valence electrons. The first kappa shape index (κ1) is 17.5. The smallest absolute Gasteiger partial charge is 0.323 e. The Kier molecular flexibility index (Phi) is 4.33. The lowest BCUT2D eigenvalue weighted by atomic mass is 10.1. The number of nitrogens with zero attached hydrogens (tertiary/aromatic N) is 2. The molecule has 27 heavy (non-hydrogen) atoms. The number of fused-ring (bicyclic) bond motifs is 1. The first-order valence-corrected chi connectivity index (χ1v) is 9.13. The molecule has 1 aromatic carbocycles. The molecular formula is C18H12N2O5S2. The summed E-state index contributed by atoms with van der Waals surface area (Å²) in [6, 6.07) is 10.3. The number of carbonyl (C=O) groups excluding carboxylic acids is 2. The third-order valence-electron chi connectivity index (χ3n) is 4.19. The molecule has 4 rings (SSSR count). The molecule has 1 fully saturated rings. The summed E-state index contributed by atoms with van der Waals surface area (Å²) >= 11 is 6.35. The van der Waals surface area contributed by atoms with Crippen LogP contribution in [-0.2, 0) is 20.9 Å². The lowest BCUT2D eigenvalue weighted by molar-refractivity contribution is -0.136. The molecule has 0 bridgehead atoms. The minimum atomic E-state index is -1.13. The fraction of sp³-hybridized carbons (Fsp3) is 0.111. The molecule has 0 radical (unpaired) electrons. The van der Waals surface area contributed by atoms with E-state index in [1.165, 1.54) is 11.2 Å². The lowest BCUT2D eigenvalue weighted by Gasteiger charge is -2.14. The lowest BCUT2D eigenvalue weighted by Crippen LogP contribution is -2.32. The van der Waals surface area contributed by atoms with Gasteiger partial charge in [-0.3, -0.25) is 24.2 Å². The Bertz CT molecular complexity index is 1010. The van der Waals surface area contributed by atoms with Crippen LogP contribution in [-0.4, -0.2) is 38.7 Å². The Balaban J connectivity index is 1.76. The van der Waals surface area contributed by atoms with Gasteiger partial charge in [0.25, 0.3) is 11.8 Å². The maximum atomic E-state index is 12.9. The van der Waals surface area contributed by atoms with Crippen LogP contribution in [0.1, 0.15) is 11.3 Å². The number of thiocarbonyl (C=S) groups is 1. The van der Waals surface area contributed by atoms with Gasteiger partial charge in [-0.1, -0.05) is 42.2 Å². The van der Waals surface area contributed by atoms with Crippen LogP contribution in [0.15, 0.2) is 52.0 Å². The molecule has 0 spiro atoms. The van der Waals surface area contributed by atoms with Gasteiger partial charge in [-0.05, 0) is 18.2 Å². The quantitative estimate of drug-likeness (QED) is 0.623. The van der Waals surface area contributed by atoms with E-state index < -0.39 is 24.3 Å². The molecule has 0 aliphatic carbocycles. The van der Waals surface area contributed by atoms with Gasteiger partial charge in [-0.15, -0.1) is 0 Å². The first-order valence-electron chi connectivity index (χ1n) is 7.90. The number of para-hydroxylation sites is 1. The van der Waals surface area contributed by atoms with Crippen LogP contribution in [0.25, 0.3) is 5.57 Å². The van der Waals surface area contributed by atoms with Crippen molar-refractivity contribution in [3.05, 3.63) is 58.9 Å². The predicted molar refractivity (Wildman–Crippen MR) is 103 cm³/mol. The number of amides is 2. The van der Waals surface area contributed by atoms with Gasteiger partial charge in [-0.2, -0.15) is 0 Å². The molecule has 2 aliphatic heterocycles. The topological polar surface area (TPSA) is 91.1 Å². The van der Waals surface area contributed by atoms with E-state index in [0.717, 1.165) is 16.7 Å². The third kappa shape index (κ3) is 2.94. The molecule has 0 saturated carbocycles. The molecule has 1 N–H and O–H groups in total. The Hall–Kier alpha value is -2.91. The number of thioether (sulfide) groups is 1. The summed E-state index contributed by atoms with van der Waals surface area (Å²) in [6.07, 6.45) is 1.51. The molecule has 0 unspecified atom stereocenters. The van der Waals surface area contributed by atoms with Crippen molar-refractivity contribution in [3.63, 3.8) is 0 Å². The number of furan rings is 1. The number of anilines is 1. The summed E-state index contributed by atoms with van der Waals surface area (Å²) in [4.78, 5) is 39.8. The fourth-order valence-corrected chi connectivity index (χ4v) is 4.36. The van der Waals surface area contributed by atoms with Gasteiger partial charge in [0.2, 0.25) is 0 Å². The number of rotatable bonds is 4. The number of benzene rings is 1. The summed E-state index contributed by atoms with van der Waals surface area (Å²) in [5.41, 5.74) is 1.18. The van der Waals surface area contributed by atoms with E-state index in [2.05, 4.69) is 0 Å². The Morgan fingerprint density at radius 3 is 2.59 bits per heavy atom. The number of carboxylic acids is 1. The van der Waals surface area contributed by atoms with Crippen molar-refractivity contribution >= 4 is 57.3 Å². The molecule has 2 amide bonds. The van der Waals surface area contributed by atoms with Crippen molar-refractivity contribution < 1.29 is 23.9 Å². The highest BCUT2D eigenvalue weighted by atomic mass is 32.2. The van der Waals surface area contributed by atoms with Crippen LogP contribution in [0.2, 0.25) is 0 Å². The average molecular weight is 400 g/mol. The van der Waals surface area contributed by atoms with Crippen molar-refractivity contribution in [1.82, 2.24) is 4.90 Å². The molecule has 2 aromatic rings. The van der Waals surface area contributed by atoms with E-state index in [-0.39, 0.29) is 17.0 Å². The van der Waals surface area contributed by atoms with Crippen LogP contribution < -0.4 is 4.90 Å². The summed E-state index contributed by atoms with van der Waals surface area (Å²) in [5, 5.41) is 9.13. The second kappa shape index (κ2) is 6.67. The van der Waals surface area contributed by atoms with Gasteiger partial charge in [0, 0.05) is 5.56 Å². The van der Waals surface area contributed by atoms with E-state index in [9.17, 15) is 14.4 Å². The van der Waals surface area contributed by atoms with Crippen molar-refractivity contribution in [2.75, 3.05) is 11.4 Å². The minimum Gasteiger partial charge on any atom is -0.480 e. The van der Waals surface area contributed by atoms with Crippen LogP contribution in [0.3, 0.4) is 0 Å². The van der Waals surface area contributed by atoms with Crippen LogP contribution in [0.4, 0.5) is 5.69 Å². The molecule has 1 saturated heterocycles. The number of aliphatic carboxylic acids is 1. The Labute approximate surface area is 163 Å². The predicted octanol–water partition coefficient (Wildman–Crippen LogP) is 2.48. The van der Waals surface area contributed by atoms with E-state index in [4.69, 9.17) is 21.7 Å². The maximum absolute atomic E-state index is 12.9. The SMILES string of the molecule is O=C(O)CN1C(=O)/C(=C2/SC(=S)N(Cc3ccco3)C2=O)c2ccccc21. The number of hydrogen-bond donors (Lipinski definition) is 1. The summed E-state index contributed by atoms with van der Waals surface area (Å²) in [6.45, 7) is -0.310. The van der Waals surface area contributed by atoms with Gasteiger partial charge in [-0.25, -0.2) is 0 Å². The highest BCUT2D eigenvalue weighted by Gasteiger charge is 2.42. The molecule has 1 aromatic heterocycles. The minimum absolute atomic E-state index is 0.170. The second-order valence-electron chi connectivity index (χ2n) is 5.84. The largest absolute Gasteiger partial charge is 0.480 e. The zero-order chi connectivity index (χ0) is 19.1. The van der Waals surface area contributed by atoms with Gasteiger partial charge >= 0.3 is 5.97 Å². The van der Waals surface area contributed by atoms with E-state index in [1.54, 1.807) is 36.4 Å². The standard InChI is InChI=1S/C18H12N2O5S2/c21-13(22)9-19-12-6-2-1-5-11(12)14(16(19)23)15-17(24)20(18(26)27-15)8-10-4-3-7-25-10/h1-7H,8-9H2,(H,21,22)/b15-14+. The monoisotopic (exact) mass is 400 g/mol. The maximum Gasteiger partial charge on any atom is 0.323 e. The third-order valence-corrected chi connectivity index (χ3v) is 5.64. The molecule has 9 heteroatoms. The van der Waals surface area contributed by atoms with Gasteiger partial charge in [0.05, 0.1) is 29.0 Å². The zero-order valence-corrected chi connectivity index (χ0v) is 15.4. The van der Waals surface area contributed by atoms with Crippen LogP contribution in [0.5, 0.6) is 0 Å². The molecular weight excluding hydrogens is 388 g/mol. The Morgan fingerprint density at radius 1 is 1.11 bits per heavy atom. The molecule has 0 atom stereocenters. The summed E-state index contributed by atoms with van der Waals surface area (Å²) in [5.74, 6) is -1.47. The average Bonchev–Trinajstić information content (AvgIpc) is 3.31. The van der Waals surface area contributed by atoms with Crippen molar-refractivity contribution in [3.8, 4) is 0 Å². The molecule has 2 aliphatic rings. The summed E-state index contributed by atoms with van der Waals surface area (Å²) in [7, 11) is 0. The van der Waals surface area contributed by atoms with E-state index in [1.807, 2.05) is 0 Å². The van der Waals surface area contributed by atoms with Crippen molar-refractivity contribution in [1.29, 1.82) is 0 Å². The van der Waals surface area contributed by atoms with E-state index in [0.29, 0.717) is 21.3 Å². The number of carboxylic acid groups (broad SMARTS) is 1. The highest BCUT2D eigenvalue weighted by Crippen LogP contribution is 2.44. The molecule has 7 nitrogen and oxygen atoms in total.